The van der Waals surface area contributed by atoms with Crippen LogP contribution in [0.15, 0.2) is 36.7 Å². The SMILES string of the molecule is Cc1ccc(Oc2cncc(Cl)c2)c(C(=O)O)c1. The Morgan fingerprint density at radius 2 is 2.11 bits per heavy atom. The van der Waals surface area contributed by atoms with E-state index >= 15 is 0 Å². The molecule has 0 aliphatic rings. The number of carbonyl (C=O) groups is 1. The highest BCUT2D eigenvalue weighted by molar-refractivity contribution is 6.30. The zero-order valence-electron chi connectivity index (χ0n) is 9.55. The molecule has 1 heterocycles. The van der Waals surface area contributed by atoms with E-state index in [1.165, 1.54) is 12.4 Å². The smallest absolute Gasteiger partial charge is 0.339 e. The van der Waals surface area contributed by atoms with E-state index in [2.05, 4.69) is 4.98 Å². The summed E-state index contributed by atoms with van der Waals surface area (Å²) in [5.41, 5.74) is 0.957. The number of carboxylic acid groups (broad SMARTS) is 1. The van der Waals surface area contributed by atoms with Gasteiger partial charge in [0.05, 0.1) is 11.2 Å². The minimum absolute atomic E-state index is 0.106. The lowest BCUT2D eigenvalue weighted by molar-refractivity contribution is 0.0694. The summed E-state index contributed by atoms with van der Waals surface area (Å²) in [6.45, 7) is 1.82. The maximum atomic E-state index is 11.1. The number of nitrogens with zero attached hydrogens (tertiary/aromatic N) is 1. The molecule has 18 heavy (non-hydrogen) atoms. The Hall–Kier alpha value is -2.07. The van der Waals surface area contributed by atoms with Crippen LogP contribution >= 0.6 is 11.6 Å². The molecule has 0 fully saturated rings. The van der Waals surface area contributed by atoms with Crippen molar-refractivity contribution >= 4 is 17.6 Å². The Kier molecular flexibility index (Phi) is 3.48. The Bertz CT molecular complexity index is 599. The van der Waals surface area contributed by atoms with Gasteiger partial charge >= 0.3 is 5.97 Å². The molecular weight excluding hydrogens is 254 g/mol. The van der Waals surface area contributed by atoms with Gasteiger partial charge in [-0.1, -0.05) is 23.2 Å². The average Bonchev–Trinajstić information content (AvgIpc) is 2.31. The van der Waals surface area contributed by atoms with Gasteiger partial charge in [0.2, 0.25) is 0 Å². The second-order valence-corrected chi connectivity index (χ2v) is 4.18. The summed E-state index contributed by atoms with van der Waals surface area (Å²) >= 11 is 5.78. The number of aromatic carboxylic acids is 1. The van der Waals surface area contributed by atoms with E-state index in [1.807, 2.05) is 6.92 Å². The standard InChI is InChI=1S/C13H10ClNO3/c1-8-2-3-12(11(4-8)13(16)17)18-10-5-9(14)6-15-7-10/h2-7H,1H3,(H,16,17). The highest BCUT2D eigenvalue weighted by Gasteiger charge is 2.12. The molecule has 0 aliphatic heterocycles. The van der Waals surface area contributed by atoms with E-state index in [4.69, 9.17) is 21.4 Å². The summed E-state index contributed by atoms with van der Waals surface area (Å²) < 4.78 is 5.48. The van der Waals surface area contributed by atoms with Crippen molar-refractivity contribution in [2.45, 2.75) is 6.92 Å². The summed E-state index contributed by atoms with van der Waals surface area (Å²) in [5, 5.41) is 9.53. The van der Waals surface area contributed by atoms with Crippen molar-refractivity contribution in [1.29, 1.82) is 0 Å². The Labute approximate surface area is 109 Å². The maximum absolute atomic E-state index is 11.1. The largest absolute Gasteiger partial charge is 0.478 e. The van der Waals surface area contributed by atoms with Crippen molar-refractivity contribution in [3.8, 4) is 11.5 Å². The Morgan fingerprint density at radius 1 is 1.33 bits per heavy atom. The molecule has 0 bridgehead atoms. The zero-order valence-corrected chi connectivity index (χ0v) is 10.3. The van der Waals surface area contributed by atoms with Crippen molar-refractivity contribution in [2.75, 3.05) is 0 Å². The molecule has 0 saturated heterocycles. The van der Waals surface area contributed by atoms with Gasteiger partial charge in [0.15, 0.2) is 0 Å². The number of aromatic nitrogens is 1. The summed E-state index contributed by atoms with van der Waals surface area (Å²) in [5.74, 6) is -0.380. The van der Waals surface area contributed by atoms with Gasteiger partial charge in [-0.25, -0.2) is 4.79 Å². The first-order chi connectivity index (χ1) is 8.56. The molecule has 0 spiro atoms. The van der Waals surface area contributed by atoms with Crippen LogP contribution < -0.4 is 4.74 Å². The molecular formula is C13H10ClNO3. The minimum Gasteiger partial charge on any atom is -0.478 e. The highest BCUT2D eigenvalue weighted by atomic mass is 35.5. The van der Waals surface area contributed by atoms with Crippen molar-refractivity contribution in [3.05, 3.63) is 52.8 Å². The summed E-state index contributed by atoms with van der Waals surface area (Å²) in [7, 11) is 0. The van der Waals surface area contributed by atoms with Gasteiger partial charge in [-0.05, 0) is 19.1 Å². The van der Waals surface area contributed by atoms with Crippen molar-refractivity contribution in [3.63, 3.8) is 0 Å². The van der Waals surface area contributed by atoms with Crippen molar-refractivity contribution in [1.82, 2.24) is 4.98 Å². The number of aryl methyl sites for hydroxylation is 1. The molecule has 0 unspecified atom stereocenters. The average molecular weight is 264 g/mol. The third-order valence-corrected chi connectivity index (χ3v) is 2.48. The predicted molar refractivity (Wildman–Crippen MR) is 67.5 cm³/mol. The van der Waals surface area contributed by atoms with Crippen LogP contribution in [0.25, 0.3) is 0 Å². The molecule has 1 aromatic heterocycles. The lowest BCUT2D eigenvalue weighted by Gasteiger charge is -2.09. The molecule has 0 saturated carbocycles. The van der Waals surface area contributed by atoms with Gasteiger partial charge in [-0.2, -0.15) is 0 Å². The number of ether oxygens (including phenoxy) is 1. The normalized spacial score (nSPS) is 10.1. The molecule has 5 heteroatoms. The first kappa shape index (κ1) is 12.4. The van der Waals surface area contributed by atoms with Crippen LogP contribution in [-0.2, 0) is 0 Å². The van der Waals surface area contributed by atoms with E-state index in [1.54, 1.807) is 24.3 Å². The van der Waals surface area contributed by atoms with E-state index in [-0.39, 0.29) is 11.3 Å². The van der Waals surface area contributed by atoms with Gasteiger partial charge in [0.25, 0.3) is 0 Å². The highest BCUT2D eigenvalue weighted by Crippen LogP contribution is 2.27. The van der Waals surface area contributed by atoms with Crippen LogP contribution in [0.5, 0.6) is 11.5 Å². The number of benzene rings is 1. The lowest BCUT2D eigenvalue weighted by Crippen LogP contribution is -2.00. The molecule has 0 amide bonds. The third-order valence-electron chi connectivity index (χ3n) is 2.27. The van der Waals surface area contributed by atoms with Crippen molar-refractivity contribution in [2.24, 2.45) is 0 Å². The van der Waals surface area contributed by atoms with Crippen LogP contribution in [0.2, 0.25) is 5.02 Å². The molecule has 0 aliphatic carbocycles. The number of carboxylic acids is 1. The molecule has 0 atom stereocenters. The second-order valence-electron chi connectivity index (χ2n) is 3.75. The van der Waals surface area contributed by atoms with Crippen LogP contribution in [0, 0.1) is 6.92 Å². The molecule has 2 rings (SSSR count). The fourth-order valence-electron chi connectivity index (χ4n) is 1.48. The zero-order chi connectivity index (χ0) is 13.1. The van der Waals surface area contributed by atoms with Gasteiger partial charge in [-0.3, -0.25) is 4.98 Å². The fraction of sp³-hybridized carbons (Fsp3) is 0.0769. The Morgan fingerprint density at radius 3 is 2.78 bits per heavy atom. The van der Waals surface area contributed by atoms with Gasteiger partial charge in [-0.15, -0.1) is 0 Å². The van der Waals surface area contributed by atoms with Gasteiger partial charge in [0, 0.05) is 12.3 Å². The number of hydrogen-bond donors (Lipinski definition) is 1. The predicted octanol–water partition coefficient (Wildman–Crippen LogP) is 3.53. The molecule has 0 radical (unpaired) electrons. The van der Waals surface area contributed by atoms with E-state index < -0.39 is 5.97 Å². The van der Waals surface area contributed by atoms with Crippen LogP contribution in [0.4, 0.5) is 0 Å². The van der Waals surface area contributed by atoms with Crippen LogP contribution in [0.1, 0.15) is 15.9 Å². The molecule has 1 N–H and O–H groups in total. The van der Waals surface area contributed by atoms with E-state index in [0.29, 0.717) is 10.8 Å². The maximum Gasteiger partial charge on any atom is 0.339 e. The second kappa shape index (κ2) is 5.06. The number of hydrogen-bond acceptors (Lipinski definition) is 3. The van der Waals surface area contributed by atoms with Gasteiger partial charge in [0.1, 0.15) is 17.1 Å². The quantitative estimate of drug-likeness (QED) is 0.920. The first-order valence-electron chi connectivity index (χ1n) is 5.18. The summed E-state index contributed by atoms with van der Waals surface area (Å²) in [6.07, 6.45) is 2.94. The number of halogens is 1. The fourth-order valence-corrected chi connectivity index (χ4v) is 1.64. The first-order valence-corrected chi connectivity index (χ1v) is 5.56. The monoisotopic (exact) mass is 263 g/mol. The van der Waals surface area contributed by atoms with E-state index in [9.17, 15) is 4.79 Å². The minimum atomic E-state index is -1.04. The molecule has 92 valence electrons. The van der Waals surface area contributed by atoms with Crippen LogP contribution in [0.3, 0.4) is 0 Å². The summed E-state index contributed by atoms with van der Waals surface area (Å²) in [4.78, 5) is 15.0. The Balaban J connectivity index is 2.37. The topological polar surface area (TPSA) is 59.4 Å². The number of rotatable bonds is 3. The van der Waals surface area contributed by atoms with Crippen LogP contribution in [-0.4, -0.2) is 16.1 Å². The van der Waals surface area contributed by atoms with Crippen molar-refractivity contribution < 1.29 is 14.6 Å². The van der Waals surface area contributed by atoms with Gasteiger partial charge < -0.3 is 9.84 Å². The molecule has 4 nitrogen and oxygen atoms in total. The molecule has 2 aromatic rings. The lowest BCUT2D eigenvalue weighted by atomic mass is 10.1. The third kappa shape index (κ3) is 2.78. The molecule has 1 aromatic carbocycles. The van der Waals surface area contributed by atoms with E-state index in [0.717, 1.165) is 5.56 Å². The summed E-state index contributed by atoms with van der Waals surface area (Å²) in [6, 6.07) is 6.51. The number of pyridine rings is 1.